The summed E-state index contributed by atoms with van der Waals surface area (Å²) in [6.45, 7) is 29.3. The molecule has 0 aromatic heterocycles. The van der Waals surface area contributed by atoms with Crippen molar-refractivity contribution in [2.75, 3.05) is 119 Å². The Labute approximate surface area is 805 Å². The van der Waals surface area contributed by atoms with Gasteiger partial charge < -0.3 is 60.2 Å². The first-order chi connectivity index (χ1) is 54.2. The van der Waals surface area contributed by atoms with Gasteiger partial charge in [-0.25, -0.2) is 27.1 Å². The summed E-state index contributed by atoms with van der Waals surface area (Å²) in [4.78, 5) is 35.1. The molecule has 720 valence electrons. The molecular weight excluding hydrogens is 1750 g/mol. The van der Waals surface area contributed by atoms with Crippen LogP contribution in [0.15, 0.2) is 121 Å². The average molecular weight is 1930 g/mol. The van der Waals surface area contributed by atoms with Crippen molar-refractivity contribution >= 4 is 73.1 Å². The van der Waals surface area contributed by atoms with Crippen LogP contribution in [-0.2, 0) is 99.7 Å². The second-order valence-electron chi connectivity index (χ2n) is 28.4. The van der Waals surface area contributed by atoms with Gasteiger partial charge in [-0.15, -0.1) is 0 Å². The SMILES string of the molecule is C.C.C.C.C.C.C.C.CCCCCCCCCc1ccc(OP(=O)(OCCc2ccc(C(=O)[O-])cc2)Oc2ccc(CCCCCCCCC)cc2)cc1.CCCCCCCCCc1ccc(OP(C)(=O)OCC)cc1.CCNP(C)(C)=O.CCOP(C)(C)=O.CCOP(C)(C)=O.CP(C)(=O)OCCOC(=O)c1ccccc1C(=O)OCCOS(=O)(=O)[O-].[Na+].[Na+]. The van der Waals surface area contributed by atoms with Gasteiger partial charge >= 0.3 is 86.5 Å². The number of aromatic carboxylic acids is 1. The van der Waals surface area contributed by atoms with E-state index in [2.05, 4.69) is 42.2 Å². The van der Waals surface area contributed by atoms with Crippen LogP contribution >= 0.6 is 44.8 Å². The number of phosphoric ester groups is 1. The van der Waals surface area contributed by atoms with Gasteiger partial charge in [0.05, 0.1) is 56.7 Å². The third kappa shape index (κ3) is 86.1. The summed E-state index contributed by atoms with van der Waals surface area (Å²) in [5, 5.41) is 13.9. The molecule has 1 unspecified atom stereocenters. The number of nitrogens with one attached hydrogen (secondary N) is 1. The Morgan fingerprint density at radius 2 is 0.648 bits per heavy atom. The van der Waals surface area contributed by atoms with Crippen LogP contribution in [-0.4, -0.2) is 150 Å². The number of carbonyl (C=O) groups excluding carboxylic acids is 3. The van der Waals surface area contributed by atoms with Gasteiger partial charge in [-0.2, -0.15) is 0 Å². The number of rotatable bonds is 53. The van der Waals surface area contributed by atoms with E-state index in [9.17, 15) is 59.9 Å². The molecule has 34 heteroatoms. The molecule has 0 heterocycles. The summed E-state index contributed by atoms with van der Waals surface area (Å²) < 4.78 is 156. The van der Waals surface area contributed by atoms with E-state index in [1.54, 1.807) is 52.1 Å². The van der Waals surface area contributed by atoms with E-state index >= 15 is 0 Å². The first-order valence-corrected chi connectivity index (χ1v) is 55.1. The molecule has 0 bridgehead atoms. The number of hydrogen-bond acceptors (Lipinski definition) is 24. The van der Waals surface area contributed by atoms with Crippen LogP contribution in [0.2, 0.25) is 0 Å². The standard InChI is InChI=1S/C39H55O6P.C18H31O3P.C14H19O10PS.C4H12NOP.2C4H11O2P.8CH4.2Na/c1-3-5-7-9-11-13-15-17-33-21-27-37(28-22-33)44-46(42,43-32-31-35-19-25-36(26-20-35)39(40)41)45-38-29-23-34(24-30-38)18-16-14-12-10-8-6-4-2;1-4-6-7-8-9-10-11-12-17-13-15-18(16-14-17)21-22(3,19)20-5-2;1-25(2,17)23-9-7-21-13(15)11-5-3-4-6-12(11)14(16)22-8-10-24-26(18,19)20;1-4-5-7(2,3)6;2*1-4-6-7(2,3)5;;;;;;;;;;/h19-30H,3-18,31-32H2,1-2H3,(H,40,41);13-16H,4-12H2,1-3H3;3-6H,7-10H2,1-2H3,(H,18,19,20);4H2,1-3H3,(H,5,6);2*4H2,1-3H3;8*1H4;;/q;;;;;;;;;;;;;;2*+1/p-2. The van der Waals surface area contributed by atoms with Gasteiger partial charge in [-0.1, -0.05) is 275 Å². The zero-order chi connectivity index (χ0) is 86.7. The number of benzene rings is 5. The van der Waals surface area contributed by atoms with Gasteiger partial charge in [0, 0.05) is 60.0 Å². The summed E-state index contributed by atoms with van der Waals surface area (Å²) in [6.07, 6.45) is 30.5. The molecule has 0 radical (unpaired) electrons. The summed E-state index contributed by atoms with van der Waals surface area (Å²) in [5.41, 5.74) is 4.49. The van der Waals surface area contributed by atoms with Gasteiger partial charge in [0.25, 0.3) is 0 Å². The van der Waals surface area contributed by atoms with E-state index in [4.69, 9.17) is 45.7 Å². The summed E-state index contributed by atoms with van der Waals surface area (Å²) in [6, 6.07) is 35.2. The van der Waals surface area contributed by atoms with Crippen LogP contribution in [0.3, 0.4) is 0 Å². The number of unbranched alkanes of at least 4 members (excludes halogenated alkanes) is 18. The van der Waals surface area contributed by atoms with Crippen molar-refractivity contribution in [1.82, 2.24) is 5.09 Å². The molecule has 1 atom stereocenters. The predicted octanol–water partition coefficient (Wildman–Crippen LogP) is 21.1. The van der Waals surface area contributed by atoms with Crippen molar-refractivity contribution in [3.63, 3.8) is 0 Å². The van der Waals surface area contributed by atoms with Gasteiger partial charge in [0.2, 0.25) is 10.4 Å². The normalized spacial score (nSPS) is 11.1. The van der Waals surface area contributed by atoms with Crippen molar-refractivity contribution in [1.29, 1.82) is 0 Å². The third-order valence-corrected chi connectivity index (χ3v) is 22.7. The van der Waals surface area contributed by atoms with Crippen molar-refractivity contribution in [3.05, 3.63) is 160 Å². The Morgan fingerprint density at radius 1 is 0.352 bits per heavy atom. The zero-order valence-electron chi connectivity index (χ0n) is 73.5. The summed E-state index contributed by atoms with van der Waals surface area (Å²) in [7, 11) is -20.8. The molecule has 0 fully saturated rings. The maximum atomic E-state index is 13.9. The number of hydrogen-bond donors (Lipinski definition) is 1. The maximum Gasteiger partial charge on any atom is 1.00 e. The van der Waals surface area contributed by atoms with E-state index < -0.39 is 86.3 Å². The molecule has 0 saturated heterocycles. The number of ether oxygens (including phenoxy) is 2. The average Bonchev–Trinajstić information content (AvgIpc) is 0.829. The second kappa shape index (κ2) is 84.0. The van der Waals surface area contributed by atoms with E-state index in [1.807, 2.05) is 88.4 Å². The van der Waals surface area contributed by atoms with Crippen LogP contribution in [0.4, 0.5) is 0 Å². The summed E-state index contributed by atoms with van der Waals surface area (Å²) in [5.74, 6) is -1.52. The molecule has 0 amide bonds. The molecule has 0 aliphatic heterocycles. The van der Waals surface area contributed by atoms with Gasteiger partial charge in [0.15, 0.2) is 22.1 Å². The van der Waals surface area contributed by atoms with Crippen molar-refractivity contribution < 1.29 is 169 Å². The minimum absolute atomic E-state index is 0. The Bertz CT molecular complexity index is 3720. The Hall–Kier alpha value is -3.08. The van der Waals surface area contributed by atoms with Crippen molar-refractivity contribution in [2.45, 2.75) is 268 Å². The van der Waals surface area contributed by atoms with E-state index in [-0.39, 0.29) is 155 Å². The van der Waals surface area contributed by atoms with E-state index in [0.29, 0.717) is 43.5 Å². The number of carboxylic acids is 1. The Kier molecular flexibility index (Phi) is 97.3. The molecule has 0 spiro atoms. The molecule has 1 N–H and O–H groups in total. The van der Waals surface area contributed by atoms with Gasteiger partial charge in [0.1, 0.15) is 37.8 Å². The molecule has 25 nitrogen and oxygen atoms in total. The first-order valence-electron chi connectivity index (χ1n) is 40.2. The molecule has 0 aliphatic rings. The van der Waals surface area contributed by atoms with Crippen molar-refractivity contribution in [3.8, 4) is 17.2 Å². The minimum atomic E-state index is -4.88. The quantitative estimate of drug-likeness (QED) is 0.00943. The molecule has 125 heavy (non-hydrogen) atoms. The fraction of sp³-hybridized carbons (Fsp3) is 0.637. The van der Waals surface area contributed by atoms with Crippen LogP contribution < -0.4 is 82.9 Å². The number of phosphoric acid groups is 1. The van der Waals surface area contributed by atoms with Crippen molar-refractivity contribution in [2.24, 2.45) is 0 Å². The molecular formula is C91H169NNa2O24P6S. The van der Waals surface area contributed by atoms with Gasteiger partial charge in [-0.05, 0) is 149 Å². The smallest absolute Gasteiger partial charge is 0.726 e. The maximum absolute atomic E-state index is 13.9. The molecule has 5 aromatic carbocycles. The third-order valence-electron chi connectivity index (χ3n) is 15.9. The predicted molar refractivity (Wildman–Crippen MR) is 517 cm³/mol. The number of carboxylic acid groups (broad SMARTS) is 1. The van der Waals surface area contributed by atoms with Crippen LogP contribution in [0.25, 0.3) is 0 Å². The topological polar surface area (TPSA) is 347 Å². The van der Waals surface area contributed by atoms with E-state index in [1.165, 1.54) is 195 Å². The first kappa shape index (κ1) is 145. The van der Waals surface area contributed by atoms with Gasteiger partial charge in [-0.3, -0.25) is 27.5 Å². The summed E-state index contributed by atoms with van der Waals surface area (Å²) >= 11 is 0. The minimum Gasteiger partial charge on any atom is -0.726 e. The van der Waals surface area contributed by atoms with Crippen LogP contribution in [0.1, 0.15) is 296 Å². The molecule has 5 rings (SSSR count). The van der Waals surface area contributed by atoms with Crippen LogP contribution in [0, 0.1) is 0 Å². The Balaban J connectivity index is -0.000000157. The number of aryl methyl sites for hydroxylation is 3. The second-order valence-corrected chi connectivity index (χ2v) is 44.2. The fourth-order valence-electron chi connectivity index (χ4n) is 10.5. The number of esters is 2. The number of carbonyl (C=O) groups is 3. The van der Waals surface area contributed by atoms with E-state index in [0.717, 1.165) is 44.2 Å². The largest absolute Gasteiger partial charge is 1.00 e. The zero-order valence-corrected chi connectivity index (χ0v) is 83.7. The fourth-order valence-corrected chi connectivity index (χ4v) is 15.6. The monoisotopic (exact) mass is 1920 g/mol. The van der Waals surface area contributed by atoms with Crippen LogP contribution in [0.5, 0.6) is 17.2 Å². The molecule has 0 saturated carbocycles. The Morgan fingerprint density at radius 3 is 0.920 bits per heavy atom. The molecule has 0 aliphatic carbocycles. The molecule has 5 aromatic rings.